The first kappa shape index (κ1) is 15.9. The van der Waals surface area contributed by atoms with Crippen LogP contribution in [0, 0.1) is 25.6 Å². The zero-order chi connectivity index (χ0) is 16.4. The van der Waals surface area contributed by atoms with Crippen molar-refractivity contribution < 1.29 is 9.50 Å². The number of hydrogen-bond acceptors (Lipinski definition) is 4. The second-order valence-electron chi connectivity index (χ2n) is 6.24. The van der Waals surface area contributed by atoms with Crippen LogP contribution in [0.25, 0.3) is 0 Å². The summed E-state index contributed by atoms with van der Waals surface area (Å²) in [5.74, 6) is 0.860. The van der Waals surface area contributed by atoms with E-state index in [0.29, 0.717) is 0 Å². The van der Waals surface area contributed by atoms with Crippen LogP contribution >= 0.6 is 0 Å². The van der Waals surface area contributed by atoms with E-state index in [2.05, 4.69) is 14.9 Å². The summed E-state index contributed by atoms with van der Waals surface area (Å²) >= 11 is 0. The number of piperidine rings is 1. The van der Waals surface area contributed by atoms with Gasteiger partial charge in [0.25, 0.3) is 0 Å². The quantitative estimate of drug-likeness (QED) is 0.945. The number of aliphatic hydroxyl groups is 1. The molecule has 4 nitrogen and oxygen atoms in total. The van der Waals surface area contributed by atoms with Crippen LogP contribution in [0.4, 0.5) is 10.2 Å². The summed E-state index contributed by atoms with van der Waals surface area (Å²) in [6, 6.07) is 6.14. The molecule has 5 heteroatoms. The van der Waals surface area contributed by atoms with Crippen molar-refractivity contribution in [1.29, 1.82) is 0 Å². The largest absolute Gasteiger partial charge is 0.388 e. The molecule has 1 aromatic carbocycles. The molecule has 0 saturated carbocycles. The minimum Gasteiger partial charge on any atom is -0.388 e. The monoisotopic (exact) mass is 315 g/mol. The van der Waals surface area contributed by atoms with Crippen molar-refractivity contribution in [2.24, 2.45) is 5.92 Å². The van der Waals surface area contributed by atoms with Crippen molar-refractivity contribution in [3.05, 3.63) is 53.2 Å². The van der Waals surface area contributed by atoms with E-state index < -0.39 is 6.10 Å². The van der Waals surface area contributed by atoms with Gasteiger partial charge in [-0.05, 0) is 50.3 Å². The SMILES string of the molecule is Cc1cnc(C)c(N2CCC(C(O)c3ccc(F)cc3)CC2)n1. The first-order valence-corrected chi connectivity index (χ1v) is 8.03. The Morgan fingerprint density at radius 3 is 2.48 bits per heavy atom. The topological polar surface area (TPSA) is 49.2 Å². The van der Waals surface area contributed by atoms with E-state index in [4.69, 9.17) is 0 Å². The molecule has 1 atom stereocenters. The Hall–Kier alpha value is -2.01. The number of halogens is 1. The molecule has 0 bridgehead atoms. The van der Waals surface area contributed by atoms with Gasteiger partial charge in [-0.15, -0.1) is 0 Å². The van der Waals surface area contributed by atoms with E-state index in [1.165, 1.54) is 12.1 Å². The zero-order valence-electron chi connectivity index (χ0n) is 13.5. The lowest BCUT2D eigenvalue weighted by molar-refractivity contribution is 0.0928. The Morgan fingerprint density at radius 1 is 1.17 bits per heavy atom. The highest BCUT2D eigenvalue weighted by Gasteiger charge is 2.27. The molecule has 1 unspecified atom stereocenters. The molecule has 122 valence electrons. The van der Waals surface area contributed by atoms with Gasteiger partial charge in [0.2, 0.25) is 0 Å². The summed E-state index contributed by atoms with van der Waals surface area (Å²) in [6.07, 6.45) is 3.01. The molecule has 0 spiro atoms. The van der Waals surface area contributed by atoms with E-state index in [9.17, 15) is 9.50 Å². The van der Waals surface area contributed by atoms with Crippen molar-refractivity contribution in [3.8, 4) is 0 Å². The maximum absolute atomic E-state index is 13.0. The van der Waals surface area contributed by atoms with Gasteiger partial charge in [-0.25, -0.2) is 9.37 Å². The highest BCUT2D eigenvalue weighted by Crippen LogP contribution is 2.32. The Morgan fingerprint density at radius 2 is 1.83 bits per heavy atom. The molecule has 2 aromatic rings. The van der Waals surface area contributed by atoms with Crippen LogP contribution in [0.15, 0.2) is 30.5 Å². The van der Waals surface area contributed by atoms with E-state index in [1.54, 1.807) is 18.3 Å². The third kappa shape index (κ3) is 3.50. The molecule has 1 aromatic heterocycles. The van der Waals surface area contributed by atoms with Gasteiger partial charge in [-0.2, -0.15) is 0 Å². The highest BCUT2D eigenvalue weighted by atomic mass is 19.1. The fourth-order valence-corrected chi connectivity index (χ4v) is 3.18. The average Bonchev–Trinajstić information content (AvgIpc) is 2.57. The molecule has 1 aliphatic heterocycles. The van der Waals surface area contributed by atoms with Gasteiger partial charge >= 0.3 is 0 Å². The first-order valence-electron chi connectivity index (χ1n) is 8.03. The Bertz CT molecular complexity index is 666. The lowest BCUT2D eigenvalue weighted by Crippen LogP contribution is -2.36. The second-order valence-corrected chi connectivity index (χ2v) is 6.24. The molecule has 1 N–H and O–H groups in total. The average molecular weight is 315 g/mol. The van der Waals surface area contributed by atoms with E-state index in [1.807, 2.05) is 13.8 Å². The summed E-state index contributed by atoms with van der Waals surface area (Å²) < 4.78 is 13.0. The van der Waals surface area contributed by atoms with Crippen LogP contribution in [0.1, 0.15) is 35.9 Å². The Balaban J connectivity index is 1.66. The molecule has 3 rings (SSSR count). The van der Waals surface area contributed by atoms with Crippen molar-refractivity contribution >= 4 is 5.82 Å². The van der Waals surface area contributed by atoms with Gasteiger partial charge in [0.15, 0.2) is 0 Å². The van der Waals surface area contributed by atoms with Crippen LogP contribution in [0.3, 0.4) is 0 Å². The minimum atomic E-state index is -0.539. The number of rotatable bonds is 3. The maximum Gasteiger partial charge on any atom is 0.150 e. The van der Waals surface area contributed by atoms with Crippen molar-refractivity contribution in [1.82, 2.24) is 9.97 Å². The molecule has 0 aliphatic carbocycles. The number of benzene rings is 1. The van der Waals surface area contributed by atoms with Gasteiger partial charge in [0.1, 0.15) is 11.6 Å². The lowest BCUT2D eigenvalue weighted by Gasteiger charge is -2.35. The van der Waals surface area contributed by atoms with Crippen molar-refractivity contribution in [2.75, 3.05) is 18.0 Å². The van der Waals surface area contributed by atoms with Crippen molar-refractivity contribution in [2.45, 2.75) is 32.8 Å². The Kier molecular flexibility index (Phi) is 4.57. The Labute approximate surface area is 136 Å². The summed E-state index contributed by atoms with van der Waals surface area (Å²) in [6.45, 7) is 5.62. The van der Waals surface area contributed by atoms with Crippen molar-refractivity contribution in [3.63, 3.8) is 0 Å². The summed E-state index contributed by atoms with van der Waals surface area (Å²) in [4.78, 5) is 11.2. The van der Waals surface area contributed by atoms with Crippen LogP contribution in [0.2, 0.25) is 0 Å². The first-order chi connectivity index (χ1) is 11.0. The second kappa shape index (κ2) is 6.62. The smallest absolute Gasteiger partial charge is 0.150 e. The number of aromatic nitrogens is 2. The van der Waals surface area contributed by atoms with Gasteiger partial charge in [0.05, 0.1) is 17.5 Å². The fraction of sp³-hybridized carbons (Fsp3) is 0.444. The number of aliphatic hydroxyl groups excluding tert-OH is 1. The van der Waals surface area contributed by atoms with Crippen LogP contribution < -0.4 is 4.90 Å². The van der Waals surface area contributed by atoms with Crippen LogP contribution in [0.5, 0.6) is 0 Å². The maximum atomic E-state index is 13.0. The molecule has 2 heterocycles. The van der Waals surface area contributed by atoms with Gasteiger partial charge < -0.3 is 10.0 Å². The highest BCUT2D eigenvalue weighted by molar-refractivity contribution is 5.43. The predicted octanol–water partition coefficient (Wildman–Crippen LogP) is 3.18. The normalized spacial score (nSPS) is 17.3. The number of nitrogens with zero attached hydrogens (tertiary/aromatic N) is 3. The third-order valence-electron chi connectivity index (χ3n) is 4.55. The summed E-state index contributed by atoms with van der Waals surface area (Å²) in [5.41, 5.74) is 2.64. The van der Waals surface area contributed by atoms with Crippen LogP contribution in [-0.4, -0.2) is 28.2 Å². The lowest BCUT2D eigenvalue weighted by atomic mass is 9.87. The van der Waals surface area contributed by atoms with E-state index in [-0.39, 0.29) is 11.7 Å². The number of hydrogen-bond donors (Lipinski definition) is 1. The van der Waals surface area contributed by atoms with Gasteiger partial charge in [-0.1, -0.05) is 12.1 Å². The van der Waals surface area contributed by atoms with Gasteiger partial charge in [0, 0.05) is 19.3 Å². The molecular weight excluding hydrogens is 293 g/mol. The molecule has 1 saturated heterocycles. The molecule has 0 radical (unpaired) electrons. The van der Waals surface area contributed by atoms with Crippen LogP contribution in [-0.2, 0) is 0 Å². The van der Waals surface area contributed by atoms with E-state index >= 15 is 0 Å². The molecule has 23 heavy (non-hydrogen) atoms. The minimum absolute atomic E-state index is 0.190. The molecule has 1 aliphatic rings. The predicted molar refractivity (Wildman–Crippen MR) is 87.8 cm³/mol. The van der Waals surface area contributed by atoms with Gasteiger partial charge in [-0.3, -0.25) is 4.98 Å². The summed E-state index contributed by atoms with van der Waals surface area (Å²) in [7, 11) is 0. The summed E-state index contributed by atoms with van der Waals surface area (Å²) in [5, 5.41) is 10.5. The zero-order valence-corrected chi connectivity index (χ0v) is 13.5. The molecule has 1 fully saturated rings. The third-order valence-corrected chi connectivity index (χ3v) is 4.55. The standard InChI is InChI=1S/C18H22FN3O/c1-12-11-20-13(2)18(21-12)22-9-7-15(8-10-22)17(23)14-3-5-16(19)6-4-14/h3-6,11,15,17,23H,7-10H2,1-2H3. The molecular formula is C18H22FN3O. The molecule has 0 amide bonds. The number of aryl methyl sites for hydroxylation is 2. The fourth-order valence-electron chi connectivity index (χ4n) is 3.18. The van der Waals surface area contributed by atoms with E-state index in [0.717, 1.165) is 48.7 Å². The number of anilines is 1.